The van der Waals surface area contributed by atoms with Crippen LogP contribution in [0, 0.1) is 12.3 Å². The summed E-state index contributed by atoms with van der Waals surface area (Å²) >= 11 is 0. The Morgan fingerprint density at radius 2 is 2.33 bits per heavy atom. The van der Waals surface area contributed by atoms with E-state index < -0.39 is 0 Å². The van der Waals surface area contributed by atoms with Gasteiger partial charge >= 0.3 is 5.97 Å². The van der Waals surface area contributed by atoms with Crippen molar-refractivity contribution in [1.82, 2.24) is 0 Å². The van der Waals surface area contributed by atoms with Crippen molar-refractivity contribution >= 4 is 5.97 Å². The van der Waals surface area contributed by atoms with E-state index in [4.69, 9.17) is 11.2 Å². The van der Waals surface area contributed by atoms with Crippen LogP contribution in [0.3, 0.4) is 0 Å². The van der Waals surface area contributed by atoms with E-state index in [-0.39, 0.29) is 12.6 Å². The number of methoxy groups -OCH3 is 1. The lowest BCUT2D eigenvalue weighted by atomic mass is 9.97. The first-order valence-corrected chi connectivity index (χ1v) is 4.74. The van der Waals surface area contributed by atoms with Crippen molar-refractivity contribution in [2.45, 2.75) is 19.8 Å². The van der Waals surface area contributed by atoms with Gasteiger partial charge in [0.15, 0.2) is 0 Å². The highest BCUT2D eigenvalue weighted by atomic mass is 16.5. The molecule has 0 atom stereocenters. The van der Waals surface area contributed by atoms with Crippen molar-refractivity contribution in [3.8, 4) is 12.3 Å². The van der Waals surface area contributed by atoms with Crippen LogP contribution in [0.1, 0.15) is 19.8 Å². The average molecular weight is 206 g/mol. The van der Waals surface area contributed by atoms with Gasteiger partial charge in [-0.25, -0.2) is 4.79 Å². The summed E-state index contributed by atoms with van der Waals surface area (Å²) in [5.41, 5.74) is 1.60. The highest BCUT2D eigenvalue weighted by Crippen LogP contribution is 2.25. The third-order valence-corrected chi connectivity index (χ3v) is 2.25. The van der Waals surface area contributed by atoms with Crippen LogP contribution in [-0.4, -0.2) is 19.7 Å². The molecule has 80 valence electrons. The SMILES string of the molecule is C#CCOC1=CC(C)=C(C(=O)OC)CC1. The molecular formula is C12H14O3. The number of rotatable bonds is 3. The summed E-state index contributed by atoms with van der Waals surface area (Å²) in [6.07, 6.45) is 8.28. The Hall–Kier alpha value is -1.69. The first-order valence-electron chi connectivity index (χ1n) is 4.74. The van der Waals surface area contributed by atoms with Gasteiger partial charge in [-0.3, -0.25) is 0 Å². The molecule has 3 nitrogen and oxygen atoms in total. The molecule has 1 aliphatic rings. The summed E-state index contributed by atoms with van der Waals surface area (Å²) in [5, 5.41) is 0. The molecule has 0 aromatic rings. The molecule has 0 amide bonds. The minimum absolute atomic E-state index is 0.264. The monoisotopic (exact) mass is 206 g/mol. The van der Waals surface area contributed by atoms with E-state index in [1.165, 1.54) is 7.11 Å². The second-order valence-corrected chi connectivity index (χ2v) is 3.26. The van der Waals surface area contributed by atoms with Gasteiger partial charge in [0, 0.05) is 12.0 Å². The van der Waals surface area contributed by atoms with E-state index in [9.17, 15) is 4.79 Å². The molecule has 0 unspecified atom stereocenters. The molecule has 0 radical (unpaired) electrons. The molecule has 0 aromatic carbocycles. The van der Waals surface area contributed by atoms with Gasteiger partial charge in [0.25, 0.3) is 0 Å². The Labute approximate surface area is 89.8 Å². The first-order chi connectivity index (χ1) is 7.19. The average Bonchev–Trinajstić information content (AvgIpc) is 2.25. The summed E-state index contributed by atoms with van der Waals surface area (Å²) in [6, 6.07) is 0. The number of hydrogen-bond acceptors (Lipinski definition) is 3. The fourth-order valence-corrected chi connectivity index (χ4v) is 1.48. The van der Waals surface area contributed by atoms with E-state index in [1.54, 1.807) is 0 Å². The van der Waals surface area contributed by atoms with Gasteiger partial charge in [-0.05, 0) is 25.0 Å². The Morgan fingerprint density at radius 3 is 2.87 bits per heavy atom. The van der Waals surface area contributed by atoms with Crippen molar-refractivity contribution in [2.24, 2.45) is 0 Å². The van der Waals surface area contributed by atoms with Gasteiger partial charge in [0.1, 0.15) is 6.61 Å². The third-order valence-electron chi connectivity index (χ3n) is 2.25. The van der Waals surface area contributed by atoms with Crippen molar-refractivity contribution in [1.29, 1.82) is 0 Å². The van der Waals surface area contributed by atoms with Crippen LogP contribution >= 0.6 is 0 Å². The van der Waals surface area contributed by atoms with E-state index in [0.717, 1.165) is 11.3 Å². The summed E-state index contributed by atoms with van der Waals surface area (Å²) in [4.78, 5) is 11.3. The lowest BCUT2D eigenvalue weighted by Gasteiger charge is -2.16. The van der Waals surface area contributed by atoms with Crippen LogP contribution < -0.4 is 0 Å². The van der Waals surface area contributed by atoms with E-state index in [1.807, 2.05) is 13.0 Å². The highest BCUT2D eigenvalue weighted by Gasteiger charge is 2.17. The van der Waals surface area contributed by atoms with Crippen LogP contribution in [0.5, 0.6) is 0 Å². The van der Waals surface area contributed by atoms with Crippen molar-refractivity contribution in [3.63, 3.8) is 0 Å². The number of esters is 1. The maximum absolute atomic E-state index is 11.3. The Morgan fingerprint density at radius 1 is 1.60 bits per heavy atom. The van der Waals surface area contributed by atoms with Crippen LogP contribution in [0.4, 0.5) is 0 Å². The first kappa shape index (κ1) is 11.4. The predicted molar refractivity (Wildman–Crippen MR) is 56.8 cm³/mol. The zero-order chi connectivity index (χ0) is 11.3. The van der Waals surface area contributed by atoms with Crippen LogP contribution in [0.15, 0.2) is 23.0 Å². The van der Waals surface area contributed by atoms with Gasteiger partial charge in [-0.1, -0.05) is 5.92 Å². The van der Waals surface area contributed by atoms with E-state index >= 15 is 0 Å². The molecule has 3 heteroatoms. The summed E-state index contributed by atoms with van der Waals surface area (Å²) in [6.45, 7) is 2.14. The van der Waals surface area contributed by atoms with Gasteiger partial charge < -0.3 is 9.47 Å². The minimum atomic E-state index is -0.264. The van der Waals surface area contributed by atoms with Crippen LogP contribution in [0.25, 0.3) is 0 Å². The Bertz CT molecular complexity index is 356. The molecule has 0 bridgehead atoms. The normalized spacial score (nSPS) is 15.4. The minimum Gasteiger partial charge on any atom is -0.485 e. The zero-order valence-corrected chi connectivity index (χ0v) is 9.00. The molecule has 0 fully saturated rings. The van der Waals surface area contributed by atoms with Gasteiger partial charge in [-0.15, -0.1) is 6.42 Å². The Kier molecular flexibility index (Phi) is 3.99. The fourth-order valence-electron chi connectivity index (χ4n) is 1.48. The number of terminal acetylenes is 1. The highest BCUT2D eigenvalue weighted by molar-refractivity contribution is 5.90. The molecule has 15 heavy (non-hydrogen) atoms. The summed E-state index contributed by atoms with van der Waals surface area (Å²) < 4.78 is 9.98. The van der Waals surface area contributed by atoms with E-state index in [0.29, 0.717) is 18.4 Å². The number of allylic oxidation sites excluding steroid dienone is 3. The number of ether oxygens (including phenoxy) is 2. The molecule has 0 saturated carbocycles. The molecule has 0 N–H and O–H groups in total. The molecule has 0 saturated heterocycles. The standard InChI is InChI=1S/C12H14O3/c1-4-7-15-10-5-6-11(9(2)8-10)12(13)14-3/h1,8H,5-7H2,2-3H3. The van der Waals surface area contributed by atoms with Gasteiger partial charge in [-0.2, -0.15) is 0 Å². The molecule has 0 aromatic heterocycles. The maximum atomic E-state index is 11.3. The predicted octanol–water partition coefficient (Wildman–Crippen LogP) is 1.80. The number of hydrogen-bond donors (Lipinski definition) is 0. The maximum Gasteiger partial charge on any atom is 0.334 e. The zero-order valence-electron chi connectivity index (χ0n) is 9.00. The smallest absolute Gasteiger partial charge is 0.334 e. The fraction of sp³-hybridized carbons (Fsp3) is 0.417. The van der Waals surface area contributed by atoms with E-state index in [2.05, 4.69) is 10.7 Å². The van der Waals surface area contributed by atoms with Crippen molar-refractivity contribution in [2.75, 3.05) is 13.7 Å². The lowest BCUT2D eigenvalue weighted by molar-refractivity contribution is -0.136. The number of carbonyl (C=O) groups is 1. The van der Waals surface area contributed by atoms with Gasteiger partial charge in [0.05, 0.1) is 12.9 Å². The van der Waals surface area contributed by atoms with Gasteiger partial charge in [0.2, 0.25) is 0 Å². The largest absolute Gasteiger partial charge is 0.485 e. The molecule has 0 aliphatic heterocycles. The summed E-state index contributed by atoms with van der Waals surface area (Å²) in [7, 11) is 1.39. The second kappa shape index (κ2) is 5.26. The summed E-state index contributed by atoms with van der Waals surface area (Å²) in [5.74, 6) is 2.97. The third kappa shape index (κ3) is 2.88. The molecule has 0 spiro atoms. The molecule has 0 heterocycles. The quantitative estimate of drug-likeness (QED) is 0.521. The van der Waals surface area contributed by atoms with Crippen LogP contribution in [0.2, 0.25) is 0 Å². The number of carbonyl (C=O) groups excluding carboxylic acids is 1. The van der Waals surface area contributed by atoms with Crippen LogP contribution in [-0.2, 0) is 14.3 Å². The molecule has 1 rings (SSSR count). The second-order valence-electron chi connectivity index (χ2n) is 3.26. The topological polar surface area (TPSA) is 35.5 Å². The molecule has 1 aliphatic carbocycles. The Balaban J connectivity index is 2.75. The van der Waals surface area contributed by atoms with Crippen molar-refractivity contribution < 1.29 is 14.3 Å². The molecular weight excluding hydrogens is 192 g/mol. The lowest BCUT2D eigenvalue weighted by Crippen LogP contribution is -2.11. The van der Waals surface area contributed by atoms with Crippen molar-refractivity contribution in [3.05, 3.63) is 23.0 Å².